The van der Waals surface area contributed by atoms with Crippen LogP contribution in [0.4, 0.5) is 13.2 Å². The molecule has 0 N–H and O–H groups in total. The zero-order chi connectivity index (χ0) is 17.9. The SMILES string of the molecule is COc1ccccc1OCc1cn(-c2cccc(C(F)(F)F)c2)nn1. The van der Waals surface area contributed by atoms with Gasteiger partial charge in [-0.1, -0.05) is 23.4 Å². The summed E-state index contributed by atoms with van der Waals surface area (Å²) in [5.41, 5.74) is 0.00139. The summed E-state index contributed by atoms with van der Waals surface area (Å²) in [5, 5.41) is 7.77. The van der Waals surface area contributed by atoms with Crippen molar-refractivity contribution in [1.82, 2.24) is 15.0 Å². The topological polar surface area (TPSA) is 49.2 Å². The number of ether oxygens (including phenoxy) is 2. The van der Waals surface area contributed by atoms with E-state index in [1.54, 1.807) is 18.2 Å². The molecule has 0 radical (unpaired) electrons. The lowest BCUT2D eigenvalue weighted by molar-refractivity contribution is -0.137. The number of nitrogens with zero attached hydrogens (tertiary/aromatic N) is 3. The molecule has 0 aliphatic heterocycles. The van der Waals surface area contributed by atoms with E-state index >= 15 is 0 Å². The molecule has 0 aliphatic rings. The second-order valence-corrected chi connectivity index (χ2v) is 5.14. The Morgan fingerprint density at radius 2 is 1.80 bits per heavy atom. The first-order chi connectivity index (χ1) is 12.0. The Hall–Kier alpha value is -3.03. The van der Waals surface area contributed by atoms with Crippen LogP contribution in [0.2, 0.25) is 0 Å². The van der Waals surface area contributed by atoms with Crippen LogP contribution < -0.4 is 9.47 Å². The van der Waals surface area contributed by atoms with Crippen LogP contribution >= 0.6 is 0 Å². The van der Waals surface area contributed by atoms with Crippen LogP contribution in [0.15, 0.2) is 54.7 Å². The van der Waals surface area contributed by atoms with Gasteiger partial charge in [-0.25, -0.2) is 4.68 Å². The maximum Gasteiger partial charge on any atom is 0.416 e. The van der Waals surface area contributed by atoms with Crippen molar-refractivity contribution >= 4 is 0 Å². The van der Waals surface area contributed by atoms with Crippen molar-refractivity contribution < 1.29 is 22.6 Å². The van der Waals surface area contributed by atoms with Crippen molar-refractivity contribution in [2.24, 2.45) is 0 Å². The predicted octanol–water partition coefficient (Wildman–Crippen LogP) is 3.87. The van der Waals surface area contributed by atoms with Gasteiger partial charge in [0, 0.05) is 0 Å². The van der Waals surface area contributed by atoms with E-state index in [4.69, 9.17) is 9.47 Å². The molecule has 1 aromatic heterocycles. The zero-order valence-electron chi connectivity index (χ0n) is 13.2. The minimum atomic E-state index is -4.41. The summed E-state index contributed by atoms with van der Waals surface area (Å²) in [4.78, 5) is 0. The Kier molecular flexibility index (Phi) is 4.60. The van der Waals surface area contributed by atoms with E-state index in [9.17, 15) is 13.2 Å². The van der Waals surface area contributed by atoms with E-state index in [-0.39, 0.29) is 12.3 Å². The molecule has 0 saturated heterocycles. The van der Waals surface area contributed by atoms with Crippen LogP contribution in [0.25, 0.3) is 5.69 Å². The number of hydrogen-bond acceptors (Lipinski definition) is 4. The number of alkyl halides is 3. The van der Waals surface area contributed by atoms with Crippen LogP contribution in [-0.4, -0.2) is 22.1 Å². The van der Waals surface area contributed by atoms with Gasteiger partial charge in [-0.05, 0) is 30.3 Å². The number of aromatic nitrogens is 3. The molecule has 0 aliphatic carbocycles. The summed E-state index contributed by atoms with van der Waals surface area (Å²) in [5.74, 6) is 1.12. The van der Waals surface area contributed by atoms with Crippen LogP contribution in [0, 0.1) is 0 Å². The average Bonchev–Trinajstić information content (AvgIpc) is 3.08. The molecule has 130 valence electrons. The van der Waals surface area contributed by atoms with Crippen molar-refractivity contribution in [2.45, 2.75) is 12.8 Å². The fourth-order valence-corrected chi connectivity index (χ4v) is 2.21. The second kappa shape index (κ2) is 6.84. The zero-order valence-corrected chi connectivity index (χ0v) is 13.2. The average molecular weight is 349 g/mol. The quantitative estimate of drug-likeness (QED) is 0.702. The highest BCUT2D eigenvalue weighted by molar-refractivity contribution is 5.39. The molecule has 1 heterocycles. The van der Waals surface area contributed by atoms with Crippen molar-refractivity contribution in [2.75, 3.05) is 7.11 Å². The summed E-state index contributed by atoms with van der Waals surface area (Å²) >= 11 is 0. The number of para-hydroxylation sites is 2. The van der Waals surface area contributed by atoms with E-state index < -0.39 is 11.7 Å². The minimum Gasteiger partial charge on any atom is -0.493 e. The molecule has 0 fully saturated rings. The van der Waals surface area contributed by atoms with E-state index in [1.165, 1.54) is 30.1 Å². The van der Waals surface area contributed by atoms with Gasteiger partial charge in [-0.2, -0.15) is 13.2 Å². The molecule has 3 rings (SSSR count). The first-order valence-corrected chi connectivity index (χ1v) is 7.32. The van der Waals surface area contributed by atoms with Crippen LogP contribution in [0.1, 0.15) is 11.3 Å². The molecule has 8 heteroatoms. The van der Waals surface area contributed by atoms with E-state index in [1.807, 2.05) is 6.07 Å². The van der Waals surface area contributed by atoms with Crippen molar-refractivity contribution in [3.05, 3.63) is 66.0 Å². The van der Waals surface area contributed by atoms with Gasteiger partial charge in [0.25, 0.3) is 0 Å². The third-order valence-electron chi connectivity index (χ3n) is 3.42. The summed E-state index contributed by atoms with van der Waals surface area (Å²) in [6.07, 6.45) is -2.89. The molecule has 3 aromatic rings. The molecule has 0 amide bonds. The molecule has 5 nitrogen and oxygen atoms in total. The van der Waals surface area contributed by atoms with Gasteiger partial charge in [0.2, 0.25) is 0 Å². The molecule has 0 atom stereocenters. The lowest BCUT2D eigenvalue weighted by Crippen LogP contribution is -2.06. The van der Waals surface area contributed by atoms with Crippen molar-refractivity contribution in [3.8, 4) is 17.2 Å². The molecule has 2 aromatic carbocycles. The molecule has 0 saturated carbocycles. The fourth-order valence-electron chi connectivity index (χ4n) is 2.21. The van der Waals surface area contributed by atoms with E-state index in [2.05, 4.69) is 10.3 Å². The Balaban J connectivity index is 1.75. The molecule has 0 spiro atoms. The lowest BCUT2D eigenvalue weighted by Gasteiger charge is -2.08. The Labute approximate surface area is 141 Å². The highest BCUT2D eigenvalue weighted by Gasteiger charge is 2.30. The van der Waals surface area contributed by atoms with E-state index in [0.717, 1.165) is 12.1 Å². The van der Waals surface area contributed by atoms with Crippen LogP contribution in [0.3, 0.4) is 0 Å². The number of rotatable bonds is 5. The smallest absolute Gasteiger partial charge is 0.416 e. The summed E-state index contributed by atoms with van der Waals surface area (Å²) < 4.78 is 50.4. The largest absolute Gasteiger partial charge is 0.493 e. The van der Waals surface area contributed by atoms with Gasteiger partial charge in [0.15, 0.2) is 11.5 Å². The van der Waals surface area contributed by atoms with Gasteiger partial charge < -0.3 is 9.47 Å². The van der Waals surface area contributed by atoms with Gasteiger partial charge >= 0.3 is 6.18 Å². The number of methoxy groups -OCH3 is 1. The third kappa shape index (κ3) is 3.90. The second-order valence-electron chi connectivity index (χ2n) is 5.14. The fraction of sp³-hybridized carbons (Fsp3) is 0.176. The maximum absolute atomic E-state index is 12.8. The Morgan fingerprint density at radius 1 is 1.04 bits per heavy atom. The first-order valence-electron chi connectivity index (χ1n) is 7.32. The minimum absolute atomic E-state index is 0.110. The van der Waals surface area contributed by atoms with Crippen LogP contribution in [-0.2, 0) is 12.8 Å². The first kappa shape index (κ1) is 16.8. The number of benzene rings is 2. The molecule has 25 heavy (non-hydrogen) atoms. The molecular formula is C17H14F3N3O2. The van der Waals surface area contributed by atoms with Gasteiger partial charge in [0.1, 0.15) is 12.3 Å². The van der Waals surface area contributed by atoms with Crippen molar-refractivity contribution in [3.63, 3.8) is 0 Å². The van der Waals surface area contributed by atoms with Crippen LogP contribution in [0.5, 0.6) is 11.5 Å². The summed E-state index contributed by atoms with van der Waals surface area (Å²) in [6.45, 7) is 0.110. The molecular weight excluding hydrogens is 335 g/mol. The van der Waals surface area contributed by atoms with E-state index in [0.29, 0.717) is 17.2 Å². The van der Waals surface area contributed by atoms with Gasteiger partial charge in [0.05, 0.1) is 24.6 Å². The molecule has 0 bridgehead atoms. The van der Waals surface area contributed by atoms with Gasteiger partial charge in [-0.3, -0.25) is 0 Å². The highest BCUT2D eigenvalue weighted by atomic mass is 19.4. The number of halogens is 3. The summed E-state index contributed by atoms with van der Waals surface area (Å²) in [6, 6.07) is 12.0. The third-order valence-corrected chi connectivity index (χ3v) is 3.42. The maximum atomic E-state index is 12.8. The highest BCUT2D eigenvalue weighted by Crippen LogP contribution is 2.30. The lowest BCUT2D eigenvalue weighted by atomic mass is 10.2. The van der Waals surface area contributed by atoms with Gasteiger partial charge in [-0.15, -0.1) is 5.10 Å². The summed E-state index contributed by atoms with van der Waals surface area (Å²) in [7, 11) is 1.53. The normalized spacial score (nSPS) is 11.4. The number of hydrogen-bond donors (Lipinski definition) is 0. The monoisotopic (exact) mass is 349 g/mol. The standard InChI is InChI=1S/C17H14F3N3O2/c1-24-15-7-2-3-8-16(15)25-11-13-10-23(22-21-13)14-6-4-5-12(9-14)17(18,19)20/h2-10H,11H2,1H3. The molecule has 0 unspecified atom stereocenters. The Bertz CT molecular complexity index is 862. The predicted molar refractivity (Wildman–Crippen MR) is 83.7 cm³/mol. The van der Waals surface area contributed by atoms with Crippen molar-refractivity contribution in [1.29, 1.82) is 0 Å². The Morgan fingerprint density at radius 3 is 2.52 bits per heavy atom.